The van der Waals surface area contributed by atoms with Gasteiger partial charge in [0.05, 0.1) is 6.10 Å². The molecule has 4 nitrogen and oxygen atoms in total. The average Bonchev–Trinajstić information content (AvgIpc) is 2.40. The summed E-state index contributed by atoms with van der Waals surface area (Å²) < 4.78 is 17.3. The van der Waals surface area contributed by atoms with Gasteiger partial charge in [-0.05, 0) is 38.1 Å². The summed E-state index contributed by atoms with van der Waals surface area (Å²) in [5, 5.41) is 3.32. The van der Waals surface area contributed by atoms with Gasteiger partial charge >= 0.3 is 0 Å². The van der Waals surface area contributed by atoms with Crippen LogP contribution in [-0.2, 0) is 4.74 Å². The quantitative estimate of drug-likeness (QED) is 0.844. The lowest BCUT2D eigenvalue weighted by Crippen LogP contribution is -2.39. The van der Waals surface area contributed by atoms with E-state index in [1.807, 2.05) is 24.3 Å². The first kappa shape index (κ1) is 10.9. The second kappa shape index (κ2) is 4.94. The number of hydrogen-bond acceptors (Lipinski definition) is 4. The highest BCUT2D eigenvalue weighted by atomic mass is 16.7. The summed E-state index contributed by atoms with van der Waals surface area (Å²) in [6.45, 7) is 2.52. The third-order valence-corrected chi connectivity index (χ3v) is 3.11. The Bertz CT molecular complexity index is 377. The Morgan fingerprint density at radius 1 is 1.12 bits per heavy atom. The van der Waals surface area contributed by atoms with Gasteiger partial charge in [-0.25, -0.2) is 0 Å². The van der Waals surface area contributed by atoms with E-state index >= 15 is 0 Å². The summed E-state index contributed by atoms with van der Waals surface area (Å²) in [5.41, 5.74) is 0. The standard InChI is InChI=1S/C13H17NO3/c1-2-4-12-11(3-1)15-9-13(17-12)16-10-5-7-14-8-6-10/h1-4,10,13-14H,5-9H2. The van der Waals surface area contributed by atoms with Crippen LogP contribution in [0.15, 0.2) is 24.3 Å². The highest BCUT2D eigenvalue weighted by Crippen LogP contribution is 2.31. The molecule has 1 unspecified atom stereocenters. The average molecular weight is 235 g/mol. The van der Waals surface area contributed by atoms with Gasteiger partial charge in [-0.2, -0.15) is 0 Å². The van der Waals surface area contributed by atoms with Crippen LogP contribution in [0.3, 0.4) is 0 Å². The molecule has 1 N–H and O–H groups in total. The number of benzene rings is 1. The second-order valence-corrected chi connectivity index (χ2v) is 4.39. The minimum Gasteiger partial charge on any atom is -0.483 e. The zero-order chi connectivity index (χ0) is 11.5. The molecule has 1 atom stereocenters. The molecule has 17 heavy (non-hydrogen) atoms. The van der Waals surface area contributed by atoms with E-state index in [4.69, 9.17) is 14.2 Å². The lowest BCUT2D eigenvalue weighted by atomic mass is 10.1. The number of nitrogens with one attached hydrogen (secondary N) is 1. The monoisotopic (exact) mass is 235 g/mol. The summed E-state index contributed by atoms with van der Waals surface area (Å²) in [7, 11) is 0. The van der Waals surface area contributed by atoms with Crippen molar-refractivity contribution in [3.05, 3.63) is 24.3 Å². The lowest BCUT2D eigenvalue weighted by Gasteiger charge is -2.31. The Morgan fingerprint density at radius 3 is 2.71 bits per heavy atom. The molecule has 2 aliphatic rings. The first-order valence-corrected chi connectivity index (χ1v) is 6.16. The van der Waals surface area contributed by atoms with Crippen molar-refractivity contribution in [1.82, 2.24) is 5.32 Å². The number of fused-ring (bicyclic) bond motifs is 1. The van der Waals surface area contributed by atoms with Gasteiger partial charge in [0.15, 0.2) is 18.1 Å². The van der Waals surface area contributed by atoms with Crippen molar-refractivity contribution in [3.8, 4) is 11.5 Å². The third-order valence-electron chi connectivity index (χ3n) is 3.11. The second-order valence-electron chi connectivity index (χ2n) is 4.39. The van der Waals surface area contributed by atoms with Crippen molar-refractivity contribution in [3.63, 3.8) is 0 Å². The molecule has 0 saturated carbocycles. The fourth-order valence-corrected chi connectivity index (χ4v) is 2.21. The van der Waals surface area contributed by atoms with Crippen LogP contribution in [0.25, 0.3) is 0 Å². The van der Waals surface area contributed by atoms with Crippen LogP contribution in [0.2, 0.25) is 0 Å². The molecule has 4 heteroatoms. The van der Waals surface area contributed by atoms with Crippen LogP contribution in [0.5, 0.6) is 11.5 Å². The summed E-state index contributed by atoms with van der Waals surface area (Å²) in [4.78, 5) is 0. The minimum absolute atomic E-state index is 0.270. The largest absolute Gasteiger partial charge is 0.483 e. The number of piperidine rings is 1. The molecule has 1 saturated heterocycles. The van der Waals surface area contributed by atoms with E-state index in [0.717, 1.165) is 37.4 Å². The maximum Gasteiger partial charge on any atom is 0.234 e. The molecule has 1 aromatic carbocycles. The summed E-state index contributed by atoms with van der Waals surface area (Å²) in [6, 6.07) is 7.70. The third kappa shape index (κ3) is 2.53. The van der Waals surface area contributed by atoms with E-state index < -0.39 is 0 Å². The normalized spacial score (nSPS) is 24.6. The Balaban J connectivity index is 1.60. The van der Waals surface area contributed by atoms with Gasteiger partial charge in [-0.15, -0.1) is 0 Å². The van der Waals surface area contributed by atoms with E-state index in [9.17, 15) is 0 Å². The van der Waals surface area contributed by atoms with Crippen LogP contribution in [0.1, 0.15) is 12.8 Å². The molecule has 2 aliphatic heterocycles. The molecule has 92 valence electrons. The van der Waals surface area contributed by atoms with Crippen LogP contribution >= 0.6 is 0 Å². The van der Waals surface area contributed by atoms with Crippen LogP contribution in [-0.4, -0.2) is 32.1 Å². The van der Waals surface area contributed by atoms with Gasteiger partial charge in [-0.3, -0.25) is 0 Å². The van der Waals surface area contributed by atoms with Crippen molar-refractivity contribution in [2.75, 3.05) is 19.7 Å². The predicted molar refractivity (Wildman–Crippen MR) is 63.3 cm³/mol. The fraction of sp³-hybridized carbons (Fsp3) is 0.538. The SMILES string of the molecule is c1ccc2c(c1)OCC(OC1CCNCC1)O2. The predicted octanol–water partition coefficient (Wildman–Crippen LogP) is 1.55. The Kier molecular flexibility index (Phi) is 3.16. The van der Waals surface area contributed by atoms with Crippen molar-refractivity contribution in [2.24, 2.45) is 0 Å². The topological polar surface area (TPSA) is 39.7 Å². The highest BCUT2D eigenvalue weighted by molar-refractivity contribution is 5.40. The summed E-state index contributed by atoms with van der Waals surface area (Å²) in [5.74, 6) is 1.58. The minimum atomic E-state index is -0.270. The number of para-hydroxylation sites is 2. The van der Waals surface area contributed by atoms with Crippen molar-refractivity contribution in [1.29, 1.82) is 0 Å². The first-order valence-electron chi connectivity index (χ1n) is 6.16. The molecule has 0 aromatic heterocycles. The Labute approximate surface area is 101 Å². The molecule has 0 amide bonds. The fourth-order valence-electron chi connectivity index (χ4n) is 2.21. The molecule has 0 bridgehead atoms. The van der Waals surface area contributed by atoms with E-state index in [1.165, 1.54) is 0 Å². The van der Waals surface area contributed by atoms with Crippen molar-refractivity contribution in [2.45, 2.75) is 25.2 Å². The van der Waals surface area contributed by atoms with Crippen LogP contribution < -0.4 is 14.8 Å². The summed E-state index contributed by atoms with van der Waals surface area (Å²) in [6.07, 6.45) is 2.10. The van der Waals surface area contributed by atoms with E-state index in [0.29, 0.717) is 6.61 Å². The van der Waals surface area contributed by atoms with Crippen LogP contribution in [0.4, 0.5) is 0 Å². The first-order chi connectivity index (χ1) is 8.42. The molecule has 0 aliphatic carbocycles. The van der Waals surface area contributed by atoms with Gasteiger partial charge in [0, 0.05) is 0 Å². The number of hydrogen-bond donors (Lipinski definition) is 1. The molecule has 3 rings (SSSR count). The van der Waals surface area contributed by atoms with Gasteiger partial charge in [0.2, 0.25) is 6.29 Å². The van der Waals surface area contributed by atoms with Gasteiger partial charge in [0.25, 0.3) is 0 Å². The Hall–Kier alpha value is -1.26. The molecule has 1 fully saturated rings. The smallest absolute Gasteiger partial charge is 0.234 e. The Morgan fingerprint density at radius 2 is 1.88 bits per heavy atom. The molecule has 0 radical (unpaired) electrons. The zero-order valence-electron chi connectivity index (χ0n) is 9.72. The van der Waals surface area contributed by atoms with E-state index in [-0.39, 0.29) is 12.4 Å². The van der Waals surface area contributed by atoms with Crippen LogP contribution in [0, 0.1) is 0 Å². The van der Waals surface area contributed by atoms with Crippen molar-refractivity contribution < 1.29 is 14.2 Å². The molecule has 0 spiro atoms. The molecule has 1 aromatic rings. The maximum absolute atomic E-state index is 5.90. The van der Waals surface area contributed by atoms with Crippen molar-refractivity contribution >= 4 is 0 Å². The molecule has 2 heterocycles. The zero-order valence-corrected chi connectivity index (χ0v) is 9.72. The maximum atomic E-state index is 5.90. The van der Waals surface area contributed by atoms with Gasteiger partial charge < -0.3 is 19.5 Å². The number of ether oxygens (including phenoxy) is 3. The molecular formula is C13H17NO3. The van der Waals surface area contributed by atoms with Gasteiger partial charge in [0.1, 0.15) is 0 Å². The van der Waals surface area contributed by atoms with Gasteiger partial charge in [-0.1, -0.05) is 12.1 Å². The molecular weight excluding hydrogens is 218 g/mol. The van der Waals surface area contributed by atoms with E-state index in [2.05, 4.69) is 5.32 Å². The lowest BCUT2D eigenvalue weighted by molar-refractivity contribution is -0.152. The summed E-state index contributed by atoms with van der Waals surface area (Å²) >= 11 is 0. The van der Waals surface area contributed by atoms with E-state index in [1.54, 1.807) is 0 Å². The number of rotatable bonds is 2. The highest BCUT2D eigenvalue weighted by Gasteiger charge is 2.25.